The second-order valence-electron chi connectivity index (χ2n) is 4.62. The van der Waals surface area contributed by atoms with Crippen LogP contribution in [-0.4, -0.2) is 54.5 Å². The molecule has 5 nitrogen and oxygen atoms in total. The summed E-state index contributed by atoms with van der Waals surface area (Å²) in [5, 5.41) is 9.06. The third-order valence-corrected chi connectivity index (χ3v) is 5.29. The molecule has 92 valence electrons. The molecule has 2 heterocycles. The molecule has 2 fully saturated rings. The maximum absolute atomic E-state index is 11.3. The second kappa shape index (κ2) is 4.33. The van der Waals surface area contributed by atoms with Gasteiger partial charge in [0.2, 0.25) is 0 Å². The highest BCUT2D eigenvalue weighted by molar-refractivity contribution is 7.91. The lowest BCUT2D eigenvalue weighted by atomic mass is 10.1. The van der Waals surface area contributed by atoms with E-state index in [1.807, 2.05) is 4.90 Å². The Hall–Kier alpha value is -0.620. The predicted molar refractivity (Wildman–Crippen MR) is 59.0 cm³/mol. The van der Waals surface area contributed by atoms with Gasteiger partial charge in [-0.2, -0.15) is 0 Å². The zero-order valence-corrected chi connectivity index (χ0v) is 9.95. The molecule has 0 saturated carbocycles. The smallest absolute Gasteiger partial charge is 0.320 e. The van der Waals surface area contributed by atoms with Crippen molar-refractivity contribution in [2.24, 2.45) is 0 Å². The Labute approximate surface area is 95.4 Å². The van der Waals surface area contributed by atoms with E-state index < -0.39 is 21.8 Å². The molecule has 0 aromatic rings. The van der Waals surface area contributed by atoms with Gasteiger partial charge in [0.05, 0.1) is 11.5 Å². The number of nitrogens with zero attached hydrogens (tertiary/aromatic N) is 1. The Kier molecular flexibility index (Phi) is 3.21. The highest BCUT2D eigenvalue weighted by Gasteiger charge is 2.37. The lowest BCUT2D eigenvalue weighted by Crippen LogP contribution is -2.46. The maximum atomic E-state index is 11.3. The third kappa shape index (κ3) is 2.38. The minimum Gasteiger partial charge on any atom is -0.480 e. The van der Waals surface area contributed by atoms with Crippen molar-refractivity contribution in [2.45, 2.75) is 37.8 Å². The summed E-state index contributed by atoms with van der Waals surface area (Å²) >= 11 is 0. The summed E-state index contributed by atoms with van der Waals surface area (Å²) in [5.41, 5.74) is 0. The number of carboxylic acids is 1. The predicted octanol–water partition coefficient (Wildman–Crippen LogP) is 0.113. The van der Waals surface area contributed by atoms with Gasteiger partial charge >= 0.3 is 5.97 Å². The quantitative estimate of drug-likeness (QED) is 0.749. The molecule has 0 radical (unpaired) electrons. The fourth-order valence-electron chi connectivity index (χ4n) is 2.70. The minimum absolute atomic E-state index is 0.145. The van der Waals surface area contributed by atoms with Gasteiger partial charge in [-0.05, 0) is 32.2 Å². The Morgan fingerprint density at radius 2 is 1.81 bits per heavy atom. The third-order valence-electron chi connectivity index (χ3n) is 3.57. The van der Waals surface area contributed by atoms with Crippen LogP contribution >= 0.6 is 0 Å². The standard InChI is InChI=1S/C10H17NO4S/c12-10(13)9-2-1-5-11(9)8-3-6-16(14,15)7-4-8/h8-9H,1-7H2,(H,12,13)/t9-/m0/s1. The van der Waals surface area contributed by atoms with Crippen LogP contribution < -0.4 is 0 Å². The number of hydrogen-bond donors (Lipinski definition) is 1. The van der Waals surface area contributed by atoms with E-state index in [4.69, 9.17) is 5.11 Å². The van der Waals surface area contributed by atoms with E-state index in [2.05, 4.69) is 0 Å². The highest BCUT2D eigenvalue weighted by atomic mass is 32.2. The van der Waals surface area contributed by atoms with Crippen LogP contribution in [0.1, 0.15) is 25.7 Å². The van der Waals surface area contributed by atoms with Crippen LogP contribution in [0.5, 0.6) is 0 Å². The number of hydrogen-bond acceptors (Lipinski definition) is 4. The van der Waals surface area contributed by atoms with Crippen molar-refractivity contribution in [1.82, 2.24) is 4.90 Å². The van der Waals surface area contributed by atoms with E-state index >= 15 is 0 Å². The Bertz CT molecular complexity index is 364. The first-order valence-electron chi connectivity index (χ1n) is 5.68. The Balaban J connectivity index is 2.01. The molecule has 0 aromatic heterocycles. The van der Waals surface area contributed by atoms with Gasteiger partial charge in [-0.1, -0.05) is 0 Å². The first-order valence-corrected chi connectivity index (χ1v) is 7.51. The molecule has 2 saturated heterocycles. The van der Waals surface area contributed by atoms with Crippen molar-refractivity contribution in [3.63, 3.8) is 0 Å². The zero-order chi connectivity index (χ0) is 11.8. The SMILES string of the molecule is O=C(O)[C@@H]1CCCN1C1CCS(=O)(=O)CC1. The topological polar surface area (TPSA) is 74.7 Å². The number of rotatable bonds is 2. The molecule has 1 N–H and O–H groups in total. The summed E-state index contributed by atoms with van der Waals surface area (Å²) < 4.78 is 22.6. The van der Waals surface area contributed by atoms with Crippen LogP contribution in [0.15, 0.2) is 0 Å². The van der Waals surface area contributed by atoms with E-state index in [9.17, 15) is 13.2 Å². The fraction of sp³-hybridized carbons (Fsp3) is 0.900. The first-order chi connectivity index (χ1) is 7.49. The molecule has 0 aromatic carbocycles. The number of sulfone groups is 1. The molecular weight excluding hydrogens is 230 g/mol. The largest absolute Gasteiger partial charge is 0.480 e. The summed E-state index contributed by atoms with van der Waals surface area (Å²) in [4.78, 5) is 13.0. The first kappa shape index (κ1) is 11.9. The lowest BCUT2D eigenvalue weighted by Gasteiger charge is -2.33. The number of aliphatic carboxylic acids is 1. The zero-order valence-electron chi connectivity index (χ0n) is 9.13. The van der Waals surface area contributed by atoms with Gasteiger partial charge in [-0.15, -0.1) is 0 Å². The molecule has 0 aliphatic carbocycles. The average Bonchev–Trinajstić information content (AvgIpc) is 2.66. The molecule has 2 aliphatic rings. The van der Waals surface area contributed by atoms with Gasteiger partial charge in [-0.25, -0.2) is 8.42 Å². The fourth-order valence-corrected chi connectivity index (χ4v) is 4.17. The van der Waals surface area contributed by atoms with Crippen molar-refractivity contribution in [2.75, 3.05) is 18.1 Å². The van der Waals surface area contributed by atoms with Crippen LogP contribution in [0.2, 0.25) is 0 Å². The molecule has 1 atom stereocenters. The molecular formula is C10H17NO4S. The summed E-state index contributed by atoms with van der Waals surface area (Å²) in [6.45, 7) is 0.793. The maximum Gasteiger partial charge on any atom is 0.320 e. The van der Waals surface area contributed by atoms with Gasteiger partial charge < -0.3 is 5.11 Å². The molecule has 0 bridgehead atoms. The lowest BCUT2D eigenvalue weighted by molar-refractivity contribution is -0.143. The summed E-state index contributed by atoms with van der Waals surface area (Å²) in [7, 11) is -2.86. The van der Waals surface area contributed by atoms with Crippen LogP contribution in [-0.2, 0) is 14.6 Å². The molecule has 6 heteroatoms. The van der Waals surface area contributed by atoms with Crippen molar-refractivity contribution in [3.05, 3.63) is 0 Å². The number of carboxylic acid groups (broad SMARTS) is 1. The summed E-state index contributed by atoms with van der Waals surface area (Å²) in [6, 6.07) is -0.252. The molecule has 16 heavy (non-hydrogen) atoms. The molecule has 0 amide bonds. The van der Waals surface area contributed by atoms with Crippen molar-refractivity contribution in [3.8, 4) is 0 Å². The highest BCUT2D eigenvalue weighted by Crippen LogP contribution is 2.26. The van der Waals surface area contributed by atoms with E-state index in [0.717, 1.165) is 13.0 Å². The average molecular weight is 247 g/mol. The number of carbonyl (C=O) groups is 1. The van der Waals surface area contributed by atoms with Crippen molar-refractivity contribution < 1.29 is 18.3 Å². The normalized spacial score (nSPS) is 31.6. The van der Waals surface area contributed by atoms with E-state index in [0.29, 0.717) is 19.3 Å². The second-order valence-corrected chi connectivity index (χ2v) is 6.92. The summed E-state index contributed by atoms with van der Waals surface area (Å²) in [6.07, 6.45) is 2.77. The van der Waals surface area contributed by atoms with Crippen LogP contribution in [0, 0.1) is 0 Å². The van der Waals surface area contributed by atoms with Crippen molar-refractivity contribution >= 4 is 15.8 Å². The van der Waals surface area contributed by atoms with Gasteiger partial charge in [0.25, 0.3) is 0 Å². The molecule has 2 rings (SSSR count). The van der Waals surface area contributed by atoms with Crippen LogP contribution in [0.4, 0.5) is 0 Å². The monoisotopic (exact) mass is 247 g/mol. The van der Waals surface area contributed by atoms with Gasteiger partial charge in [0.1, 0.15) is 15.9 Å². The Morgan fingerprint density at radius 1 is 1.19 bits per heavy atom. The number of likely N-dealkylation sites (tertiary alicyclic amines) is 1. The van der Waals surface area contributed by atoms with Crippen molar-refractivity contribution in [1.29, 1.82) is 0 Å². The van der Waals surface area contributed by atoms with E-state index in [1.54, 1.807) is 0 Å². The van der Waals surface area contributed by atoms with Crippen LogP contribution in [0.3, 0.4) is 0 Å². The van der Waals surface area contributed by atoms with E-state index in [1.165, 1.54) is 0 Å². The Morgan fingerprint density at radius 3 is 2.38 bits per heavy atom. The van der Waals surface area contributed by atoms with Gasteiger partial charge in [0.15, 0.2) is 0 Å². The van der Waals surface area contributed by atoms with Gasteiger partial charge in [0, 0.05) is 6.04 Å². The summed E-state index contributed by atoms with van der Waals surface area (Å²) in [5.74, 6) is -0.355. The van der Waals surface area contributed by atoms with Gasteiger partial charge in [-0.3, -0.25) is 9.69 Å². The minimum atomic E-state index is -2.86. The van der Waals surface area contributed by atoms with E-state index in [-0.39, 0.29) is 17.5 Å². The molecule has 2 aliphatic heterocycles. The molecule has 0 spiro atoms. The molecule has 0 unspecified atom stereocenters. The van der Waals surface area contributed by atoms with Crippen LogP contribution in [0.25, 0.3) is 0 Å².